The van der Waals surface area contributed by atoms with Crippen molar-refractivity contribution in [2.24, 2.45) is 0 Å². The van der Waals surface area contributed by atoms with Crippen molar-refractivity contribution in [2.45, 2.75) is 6.92 Å². The minimum atomic E-state index is -0.500. The smallest absolute Gasteiger partial charge is 0.344 e. The van der Waals surface area contributed by atoms with Gasteiger partial charge >= 0.3 is 5.63 Å². The second kappa shape index (κ2) is 4.70. The summed E-state index contributed by atoms with van der Waals surface area (Å²) < 4.78 is 15.9. The van der Waals surface area contributed by atoms with Crippen molar-refractivity contribution in [1.29, 1.82) is 0 Å². The van der Waals surface area contributed by atoms with E-state index in [1.807, 2.05) is 6.92 Å². The molecule has 0 radical (unpaired) electrons. The van der Waals surface area contributed by atoms with Crippen LogP contribution in [0.2, 0.25) is 0 Å². The van der Waals surface area contributed by atoms with Crippen molar-refractivity contribution in [2.75, 3.05) is 14.2 Å². The molecule has 0 aliphatic carbocycles. The van der Waals surface area contributed by atoms with Crippen LogP contribution < -0.4 is 15.1 Å². The van der Waals surface area contributed by atoms with Gasteiger partial charge in [0.15, 0.2) is 0 Å². The van der Waals surface area contributed by atoms with E-state index < -0.39 is 5.63 Å². The Kier molecular flexibility index (Phi) is 2.97. The molecule has 0 fully saturated rings. The summed E-state index contributed by atoms with van der Waals surface area (Å²) in [7, 11) is 3.05. The van der Waals surface area contributed by atoms with Crippen molar-refractivity contribution in [1.82, 2.24) is 0 Å². The zero-order valence-electron chi connectivity index (χ0n) is 11.9. The highest BCUT2D eigenvalue weighted by Gasteiger charge is 2.16. The summed E-state index contributed by atoms with van der Waals surface area (Å²) in [6, 6.07) is 6.38. The van der Waals surface area contributed by atoms with Crippen LogP contribution in [0.15, 0.2) is 33.5 Å². The number of aryl methyl sites for hydroxylation is 1. The van der Waals surface area contributed by atoms with E-state index in [0.29, 0.717) is 27.9 Å². The fraction of sp³-hybridized carbons (Fsp3) is 0.188. The number of rotatable bonds is 2. The first-order valence-electron chi connectivity index (χ1n) is 6.37. The fourth-order valence-electron chi connectivity index (χ4n) is 2.58. The number of phenols is 1. The number of ether oxygens (including phenoxy) is 2. The minimum Gasteiger partial charge on any atom is -0.508 e. The van der Waals surface area contributed by atoms with E-state index in [1.165, 1.54) is 20.3 Å². The maximum Gasteiger partial charge on any atom is 0.344 e. The third-order valence-electron chi connectivity index (χ3n) is 3.49. The van der Waals surface area contributed by atoms with E-state index in [4.69, 9.17) is 13.9 Å². The Morgan fingerprint density at radius 2 is 1.81 bits per heavy atom. The normalized spacial score (nSPS) is 11.0. The summed E-state index contributed by atoms with van der Waals surface area (Å²) in [6.07, 6.45) is 0. The minimum absolute atomic E-state index is 0.0509. The zero-order chi connectivity index (χ0) is 15.1. The molecule has 0 unspecified atom stereocenters. The molecule has 21 heavy (non-hydrogen) atoms. The van der Waals surface area contributed by atoms with Gasteiger partial charge in [0.05, 0.1) is 19.6 Å². The average molecular weight is 286 g/mol. The van der Waals surface area contributed by atoms with E-state index in [0.717, 1.165) is 10.9 Å². The van der Waals surface area contributed by atoms with Gasteiger partial charge in [-0.15, -0.1) is 0 Å². The summed E-state index contributed by atoms with van der Waals surface area (Å²) in [5, 5.41) is 11.4. The molecule has 2 aromatic carbocycles. The second-order valence-corrected chi connectivity index (χ2v) is 4.78. The van der Waals surface area contributed by atoms with Gasteiger partial charge in [0.2, 0.25) is 0 Å². The third-order valence-corrected chi connectivity index (χ3v) is 3.49. The van der Waals surface area contributed by atoms with Crippen LogP contribution in [-0.4, -0.2) is 19.3 Å². The average Bonchev–Trinajstić information content (AvgIpc) is 2.45. The SMILES string of the molecule is COc1cc(OC)c2c(c1)c(=O)oc1cc(O)cc(C)c12. The molecule has 0 saturated carbocycles. The molecule has 0 amide bonds. The molecule has 5 nitrogen and oxygen atoms in total. The molecule has 0 saturated heterocycles. The number of benzene rings is 2. The lowest BCUT2D eigenvalue weighted by Gasteiger charge is -2.12. The Morgan fingerprint density at radius 1 is 1.05 bits per heavy atom. The lowest BCUT2D eigenvalue weighted by Crippen LogP contribution is -2.02. The van der Waals surface area contributed by atoms with Gasteiger partial charge in [0.1, 0.15) is 22.8 Å². The molecule has 3 aromatic rings. The number of phenolic OH excluding ortho intramolecular Hbond substituents is 1. The van der Waals surface area contributed by atoms with Crippen molar-refractivity contribution in [3.8, 4) is 17.2 Å². The Balaban J connectivity index is 2.62. The molecule has 108 valence electrons. The lowest BCUT2D eigenvalue weighted by molar-refractivity contribution is 0.397. The first-order chi connectivity index (χ1) is 10.0. The van der Waals surface area contributed by atoms with Crippen molar-refractivity contribution in [3.05, 3.63) is 40.2 Å². The van der Waals surface area contributed by atoms with E-state index in [1.54, 1.807) is 18.2 Å². The van der Waals surface area contributed by atoms with Crippen LogP contribution in [0, 0.1) is 6.92 Å². The third kappa shape index (κ3) is 1.98. The fourth-order valence-corrected chi connectivity index (χ4v) is 2.58. The highest BCUT2D eigenvalue weighted by atomic mass is 16.5. The van der Waals surface area contributed by atoms with Gasteiger partial charge in [-0.1, -0.05) is 0 Å². The lowest BCUT2D eigenvalue weighted by atomic mass is 10.0. The maximum absolute atomic E-state index is 12.2. The van der Waals surface area contributed by atoms with Gasteiger partial charge in [-0.25, -0.2) is 4.79 Å². The van der Waals surface area contributed by atoms with Crippen LogP contribution in [0.1, 0.15) is 5.56 Å². The van der Waals surface area contributed by atoms with E-state index in [9.17, 15) is 9.90 Å². The van der Waals surface area contributed by atoms with Gasteiger partial charge in [0, 0.05) is 22.9 Å². The van der Waals surface area contributed by atoms with Gasteiger partial charge in [0.25, 0.3) is 0 Å². The molecule has 0 bridgehead atoms. The Morgan fingerprint density at radius 3 is 2.48 bits per heavy atom. The number of aromatic hydroxyl groups is 1. The second-order valence-electron chi connectivity index (χ2n) is 4.78. The number of fused-ring (bicyclic) bond motifs is 3. The molecule has 1 aromatic heterocycles. The highest BCUT2D eigenvalue weighted by Crippen LogP contribution is 2.37. The summed E-state index contributed by atoms with van der Waals surface area (Å²) in [4.78, 5) is 12.2. The van der Waals surface area contributed by atoms with Crippen LogP contribution in [0.25, 0.3) is 21.7 Å². The molecule has 3 rings (SSSR count). The van der Waals surface area contributed by atoms with Crippen LogP contribution in [0.4, 0.5) is 0 Å². The summed E-state index contributed by atoms with van der Waals surface area (Å²) in [5.41, 5.74) is 0.621. The van der Waals surface area contributed by atoms with Gasteiger partial charge in [-0.05, 0) is 24.6 Å². The zero-order valence-corrected chi connectivity index (χ0v) is 11.9. The molecule has 5 heteroatoms. The van der Waals surface area contributed by atoms with Crippen molar-refractivity contribution in [3.63, 3.8) is 0 Å². The molecule has 0 atom stereocenters. The standard InChI is InChI=1S/C16H14O5/c1-8-4-9(17)5-13-14(8)15-11(16(18)21-13)6-10(19-2)7-12(15)20-3/h4-7,17H,1-3H3. The first-order valence-corrected chi connectivity index (χ1v) is 6.37. The largest absolute Gasteiger partial charge is 0.508 e. The summed E-state index contributed by atoms with van der Waals surface area (Å²) in [5.74, 6) is 1.09. The predicted molar refractivity (Wildman–Crippen MR) is 79.5 cm³/mol. The van der Waals surface area contributed by atoms with Gasteiger partial charge < -0.3 is 19.0 Å². The summed E-state index contributed by atoms with van der Waals surface area (Å²) >= 11 is 0. The molecule has 0 aliphatic heterocycles. The number of hydrogen-bond donors (Lipinski definition) is 1. The van der Waals surface area contributed by atoms with E-state index >= 15 is 0 Å². The van der Waals surface area contributed by atoms with E-state index in [2.05, 4.69) is 0 Å². The van der Waals surface area contributed by atoms with Gasteiger partial charge in [-0.2, -0.15) is 0 Å². The van der Waals surface area contributed by atoms with Crippen molar-refractivity contribution < 1.29 is 19.0 Å². The Bertz CT molecular complexity index is 908. The highest BCUT2D eigenvalue weighted by molar-refractivity contribution is 6.10. The molecule has 0 aliphatic rings. The van der Waals surface area contributed by atoms with Crippen LogP contribution in [0.5, 0.6) is 17.2 Å². The molecular formula is C16H14O5. The van der Waals surface area contributed by atoms with E-state index in [-0.39, 0.29) is 5.75 Å². The van der Waals surface area contributed by atoms with Crippen LogP contribution in [0.3, 0.4) is 0 Å². The van der Waals surface area contributed by atoms with Crippen molar-refractivity contribution >= 4 is 21.7 Å². The molecule has 1 N–H and O–H groups in total. The predicted octanol–water partition coefficient (Wildman–Crippen LogP) is 2.98. The molecule has 1 heterocycles. The van der Waals surface area contributed by atoms with Crippen LogP contribution in [-0.2, 0) is 0 Å². The van der Waals surface area contributed by atoms with Crippen LogP contribution >= 0.6 is 0 Å². The Hall–Kier alpha value is -2.69. The van der Waals surface area contributed by atoms with Gasteiger partial charge in [-0.3, -0.25) is 0 Å². The Labute approximate surface area is 120 Å². The number of methoxy groups -OCH3 is 2. The molecule has 0 spiro atoms. The topological polar surface area (TPSA) is 68.9 Å². The molecular weight excluding hydrogens is 272 g/mol. The maximum atomic E-state index is 12.2. The quantitative estimate of drug-likeness (QED) is 0.579. The monoisotopic (exact) mass is 286 g/mol. The summed E-state index contributed by atoms with van der Waals surface area (Å²) in [6.45, 7) is 1.84. The first kappa shape index (κ1) is 13.3. The number of hydrogen-bond acceptors (Lipinski definition) is 5.